The molecule has 114 valence electrons. The van der Waals surface area contributed by atoms with Crippen molar-refractivity contribution in [2.45, 2.75) is 32.1 Å². The summed E-state index contributed by atoms with van der Waals surface area (Å²) in [6, 6.07) is 6.39. The number of alkyl halides is 1. The first-order valence-electron chi connectivity index (χ1n) is 6.53. The second-order valence-electron chi connectivity index (χ2n) is 5.75. The first kappa shape index (κ1) is 17.3. The number of hydrogen-bond donors (Lipinski definition) is 1. The largest absolute Gasteiger partial charge is 0.494 e. The molecule has 0 unspecified atom stereocenters. The minimum Gasteiger partial charge on any atom is -0.494 e. The summed E-state index contributed by atoms with van der Waals surface area (Å²) in [5.74, 6) is 1.19. The van der Waals surface area contributed by atoms with Crippen LogP contribution in [0.4, 0.5) is 0 Å². The molecular formula is C14H22ClNO3S. The molecule has 0 saturated heterocycles. The molecule has 6 heteroatoms. The first-order valence-corrected chi connectivity index (χ1v) is 8.55. The van der Waals surface area contributed by atoms with Crippen LogP contribution in [-0.2, 0) is 10.0 Å². The number of halogens is 1. The number of ether oxygens (including phenoxy) is 1. The van der Waals surface area contributed by atoms with Gasteiger partial charge in [0.15, 0.2) is 0 Å². The van der Waals surface area contributed by atoms with Crippen LogP contribution >= 0.6 is 11.6 Å². The SMILES string of the molecule is CC(C)(C)CNS(=O)(=O)c1ccc(OCCCCl)cc1. The van der Waals surface area contributed by atoms with Crippen molar-refractivity contribution < 1.29 is 13.2 Å². The molecule has 0 spiro atoms. The Kier molecular flexibility index (Phi) is 6.30. The lowest BCUT2D eigenvalue weighted by molar-refractivity contribution is 0.318. The van der Waals surface area contributed by atoms with Crippen molar-refractivity contribution in [3.05, 3.63) is 24.3 Å². The van der Waals surface area contributed by atoms with Crippen LogP contribution in [0.25, 0.3) is 0 Å². The fourth-order valence-electron chi connectivity index (χ4n) is 1.35. The van der Waals surface area contributed by atoms with Crippen LogP contribution in [0.5, 0.6) is 5.75 Å². The van der Waals surface area contributed by atoms with Crippen molar-refractivity contribution in [3.8, 4) is 5.75 Å². The van der Waals surface area contributed by atoms with Crippen molar-refractivity contribution in [2.24, 2.45) is 5.41 Å². The Hall–Kier alpha value is -0.780. The third kappa shape index (κ3) is 6.11. The summed E-state index contributed by atoms with van der Waals surface area (Å²) in [5, 5.41) is 0. The summed E-state index contributed by atoms with van der Waals surface area (Å²) in [5.41, 5.74) is -0.0995. The molecule has 0 fully saturated rings. The van der Waals surface area contributed by atoms with Gasteiger partial charge in [0.05, 0.1) is 11.5 Å². The smallest absolute Gasteiger partial charge is 0.240 e. The molecule has 1 rings (SSSR count). The summed E-state index contributed by atoms with van der Waals surface area (Å²) in [6.45, 7) is 6.84. The second kappa shape index (κ2) is 7.29. The Labute approximate surface area is 126 Å². The molecule has 0 aliphatic rings. The molecule has 1 aromatic rings. The van der Waals surface area contributed by atoms with Crippen molar-refractivity contribution in [1.29, 1.82) is 0 Å². The third-order valence-electron chi connectivity index (χ3n) is 2.47. The van der Waals surface area contributed by atoms with Gasteiger partial charge in [-0.15, -0.1) is 11.6 Å². The third-order valence-corrected chi connectivity index (χ3v) is 4.16. The summed E-state index contributed by atoms with van der Waals surface area (Å²) in [7, 11) is -3.46. The highest BCUT2D eigenvalue weighted by Crippen LogP contribution is 2.17. The van der Waals surface area contributed by atoms with Crippen LogP contribution in [-0.4, -0.2) is 27.4 Å². The summed E-state index contributed by atoms with van der Waals surface area (Å²) >= 11 is 5.56. The van der Waals surface area contributed by atoms with Gasteiger partial charge in [-0.2, -0.15) is 0 Å². The molecule has 0 saturated carbocycles. The minimum atomic E-state index is -3.46. The molecule has 0 atom stereocenters. The molecule has 1 N–H and O–H groups in total. The van der Waals surface area contributed by atoms with E-state index in [0.717, 1.165) is 6.42 Å². The lowest BCUT2D eigenvalue weighted by Crippen LogP contribution is -2.32. The predicted molar refractivity (Wildman–Crippen MR) is 81.9 cm³/mol. The standard InChI is InChI=1S/C14H22ClNO3S/c1-14(2,3)11-16-20(17,18)13-7-5-12(6-8-13)19-10-4-9-15/h5-8,16H,4,9-11H2,1-3H3. The summed E-state index contributed by atoms with van der Waals surface area (Å²) in [6.07, 6.45) is 0.759. The number of benzene rings is 1. The normalized spacial score (nSPS) is 12.4. The monoisotopic (exact) mass is 319 g/mol. The molecule has 0 radical (unpaired) electrons. The van der Waals surface area contributed by atoms with E-state index in [2.05, 4.69) is 4.72 Å². The van der Waals surface area contributed by atoms with Gasteiger partial charge in [0, 0.05) is 12.4 Å². The van der Waals surface area contributed by atoms with E-state index >= 15 is 0 Å². The number of sulfonamides is 1. The second-order valence-corrected chi connectivity index (χ2v) is 7.89. The van der Waals surface area contributed by atoms with Gasteiger partial charge in [0.25, 0.3) is 0 Å². The Morgan fingerprint density at radius 2 is 1.80 bits per heavy atom. The van der Waals surface area contributed by atoms with Gasteiger partial charge < -0.3 is 4.74 Å². The minimum absolute atomic E-state index is 0.0995. The van der Waals surface area contributed by atoms with Crippen LogP contribution in [0.1, 0.15) is 27.2 Å². The van der Waals surface area contributed by atoms with Gasteiger partial charge in [-0.3, -0.25) is 0 Å². The topological polar surface area (TPSA) is 55.4 Å². The molecule has 0 heterocycles. The molecule has 0 bridgehead atoms. The molecule has 0 amide bonds. The molecule has 0 aliphatic carbocycles. The van der Waals surface area contributed by atoms with E-state index in [0.29, 0.717) is 24.8 Å². The maximum Gasteiger partial charge on any atom is 0.240 e. The van der Waals surface area contributed by atoms with Gasteiger partial charge in [0.2, 0.25) is 10.0 Å². The highest BCUT2D eigenvalue weighted by atomic mass is 35.5. The summed E-state index contributed by atoms with van der Waals surface area (Å²) in [4.78, 5) is 0.242. The quantitative estimate of drug-likeness (QED) is 0.621. The first-order chi connectivity index (χ1) is 9.24. The zero-order chi connectivity index (χ0) is 15.2. The molecule has 4 nitrogen and oxygen atoms in total. The highest BCUT2D eigenvalue weighted by Gasteiger charge is 2.18. The Morgan fingerprint density at radius 3 is 2.30 bits per heavy atom. The Bertz CT molecular complexity index is 506. The van der Waals surface area contributed by atoms with Crippen molar-refractivity contribution in [2.75, 3.05) is 19.0 Å². The van der Waals surface area contributed by atoms with E-state index in [1.165, 1.54) is 0 Å². The fourth-order valence-corrected chi connectivity index (χ4v) is 2.75. The van der Waals surface area contributed by atoms with Gasteiger partial charge in [0.1, 0.15) is 5.75 Å². The lowest BCUT2D eigenvalue weighted by Gasteiger charge is -2.18. The van der Waals surface area contributed by atoms with Crippen LogP contribution < -0.4 is 9.46 Å². The highest BCUT2D eigenvalue weighted by molar-refractivity contribution is 7.89. The number of rotatable bonds is 7. The van der Waals surface area contributed by atoms with Crippen LogP contribution in [0.15, 0.2) is 29.2 Å². The van der Waals surface area contributed by atoms with E-state index in [9.17, 15) is 8.42 Å². The van der Waals surface area contributed by atoms with Crippen LogP contribution in [0, 0.1) is 5.41 Å². The van der Waals surface area contributed by atoms with Crippen LogP contribution in [0.2, 0.25) is 0 Å². The van der Waals surface area contributed by atoms with E-state index in [1.54, 1.807) is 24.3 Å². The van der Waals surface area contributed by atoms with E-state index < -0.39 is 10.0 Å². The zero-order valence-electron chi connectivity index (χ0n) is 12.1. The van der Waals surface area contributed by atoms with Crippen LogP contribution in [0.3, 0.4) is 0 Å². The molecular weight excluding hydrogens is 298 g/mol. The van der Waals surface area contributed by atoms with Gasteiger partial charge in [-0.05, 0) is 36.1 Å². The fraction of sp³-hybridized carbons (Fsp3) is 0.571. The molecule has 20 heavy (non-hydrogen) atoms. The maximum absolute atomic E-state index is 12.1. The summed E-state index contributed by atoms with van der Waals surface area (Å²) < 4.78 is 32.2. The van der Waals surface area contributed by atoms with Crippen molar-refractivity contribution in [3.63, 3.8) is 0 Å². The average Bonchev–Trinajstić information content (AvgIpc) is 2.37. The Balaban J connectivity index is 2.67. The number of nitrogens with one attached hydrogen (secondary N) is 1. The molecule has 0 aliphatic heterocycles. The lowest BCUT2D eigenvalue weighted by atomic mass is 9.98. The zero-order valence-corrected chi connectivity index (χ0v) is 13.7. The predicted octanol–water partition coefficient (Wildman–Crippen LogP) is 3.02. The molecule has 1 aromatic carbocycles. The van der Waals surface area contributed by atoms with E-state index in [4.69, 9.17) is 16.3 Å². The van der Waals surface area contributed by atoms with Gasteiger partial charge in [-0.25, -0.2) is 13.1 Å². The average molecular weight is 320 g/mol. The van der Waals surface area contributed by atoms with E-state index in [-0.39, 0.29) is 10.3 Å². The van der Waals surface area contributed by atoms with Gasteiger partial charge >= 0.3 is 0 Å². The van der Waals surface area contributed by atoms with Crippen molar-refractivity contribution in [1.82, 2.24) is 4.72 Å². The van der Waals surface area contributed by atoms with Gasteiger partial charge in [-0.1, -0.05) is 20.8 Å². The Morgan fingerprint density at radius 1 is 1.20 bits per heavy atom. The van der Waals surface area contributed by atoms with Crippen molar-refractivity contribution >= 4 is 21.6 Å². The maximum atomic E-state index is 12.1. The molecule has 0 aromatic heterocycles. The number of hydrogen-bond acceptors (Lipinski definition) is 3. The van der Waals surface area contributed by atoms with E-state index in [1.807, 2.05) is 20.8 Å².